The van der Waals surface area contributed by atoms with Gasteiger partial charge in [0.05, 0.1) is 23.5 Å². The molecular formula is C18H24N4O2. The minimum absolute atomic E-state index is 0.0222. The summed E-state index contributed by atoms with van der Waals surface area (Å²) in [5.74, 6) is 0.743. The van der Waals surface area contributed by atoms with E-state index in [0.29, 0.717) is 26.1 Å². The average molecular weight is 328 g/mol. The van der Waals surface area contributed by atoms with Crippen molar-refractivity contribution in [2.75, 3.05) is 20.1 Å². The van der Waals surface area contributed by atoms with Crippen LogP contribution in [-0.2, 0) is 22.7 Å². The van der Waals surface area contributed by atoms with Gasteiger partial charge in [-0.3, -0.25) is 9.59 Å². The Morgan fingerprint density at radius 2 is 2.04 bits per heavy atom. The highest BCUT2D eigenvalue weighted by molar-refractivity contribution is 5.89. The van der Waals surface area contributed by atoms with Crippen molar-refractivity contribution in [3.05, 3.63) is 30.1 Å². The standard InChI is InChI=1S/C18H24N4O2/c1-4-21-11-13(10-17(21)23)18(24)20(3)12-16-19-14-8-6-7-9-15(14)22(16)5-2/h6-9,13H,4-5,10-12H2,1-3H3/t13-/m1/s1. The van der Waals surface area contributed by atoms with Crippen molar-refractivity contribution in [2.24, 2.45) is 5.92 Å². The third-order valence-electron chi connectivity index (χ3n) is 4.75. The second-order valence-corrected chi connectivity index (χ2v) is 6.29. The number of carbonyl (C=O) groups is 2. The van der Waals surface area contributed by atoms with E-state index in [1.54, 1.807) is 16.8 Å². The Morgan fingerprint density at radius 3 is 2.71 bits per heavy atom. The first-order valence-corrected chi connectivity index (χ1v) is 8.52. The molecule has 1 aromatic heterocycles. The quantitative estimate of drug-likeness (QED) is 0.842. The van der Waals surface area contributed by atoms with E-state index < -0.39 is 0 Å². The third kappa shape index (κ3) is 2.88. The van der Waals surface area contributed by atoms with Crippen LogP contribution in [0.5, 0.6) is 0 Å². The molecule has 0 N–H and O–H groups in total. The fraction of sp³-hybridized carbons (Fsp3) is 0.500. The topological polar surface area (TPSA) is 58.4 Å². The van der Waals surface area contributed by atoms with Crippen LogP contribution in [0.15, 0.2) is 24.3 Å². The number of amides is 2. The maximum Gasteiger partial charge on any atom is 0.228 e. The first kappa shape index (κ1) is 16.5. The number of para-hydroxylation sites is 2. The van der Waals surface area contributed by atoms with Gasteiger partial charge < -0.3 is 14.4 Å². The molecule has 2 heterocycles. The Morgan fingerprint density at radius 1 is 1.29 bits per heavy atom. The zero-order chi connectivity index (χ0) is 17.3. The van der Waals surface area contributed by atoms with E-state index in [9.17, 15) is 9.59 Å². The van der Waals surface area contributed by atoms with Crippen molar-refractivity contribution in [1.29, 1.82) is 0 Å². The van der Waals surface area contributed by atoms with Crippen molar-refractivity contribution in [2.45, 2.75) is 33.4 Å². The molecule has 1 fully saturated rings. The van der Waals surface area contributed by atoms with E-state index in [2.05, 4.69) is 16.5 Å². The molecule has 0 radical (unpaired) electrons. The highest BCUT2D eigenvalue weighted by Gasteiger charge is 2.35. The zero-order valence-corrected chi connectivity index (χ0v) is 14.5. The van der Waals surface area contributed by atoms with Crippen LogP contribution in [0.1, 0.15) is 26.1 Å². The molecule has 6 heteroatoms. The summed E-state index contributed by atoms with van der Waals surface area (Å²) >= 11 is 0. The minimum Gasteiger partial charge on any atom is -0.342 e. The Bertz CT molecular complexity index is 767. The minimum atomic E-state index is -0.234. The lowest BCUT2D eigenvalue weighted by Gasteiger charge is -2.21. The smallest absolute Gasteiger partial charge is 0.228 e. The van der Waals surface area contributed by atoms with Gasteiger partial charge in [0, 0.05) is 33.1 Å². The first-order chi connectivity index (χ1) is 11.5. The summed E-state index contributed by atoms with van der Waals surface area (Å²) in [5, 5.41) is 0. The number of fused-ring (bicyclic) bond motifs is 1. The molecule has 2 amide bonds. The number of benzene rings is 1. The van der Waals surface area contributed by atoms with Crippen molar-refractivity contribution < 1.29 is 9.59 Å². The van der Waals surface area contributed by atoms with Crippen LogP contribution < -0.4 is 0 Å². The van der Waals surface area contributed by atoms with E-state index in [1.165, 1.54) is 0 Å². The van der Waals surface area contributed by atoms with Gasteiger partial charge in [0.15, 0.2) is 0 Å². The molecule has 0 saturated carbocycles. The summed E-state index contributed by atoms with van der Waals surface area (Å²) in [4.78, 5) is 32.7. The molecule has 1 saturated heterocycles. The number of nitrogens with zero attached hydrogens (tertiary/aromatic N) is 4. The lowest BCUT2D eigenvalue weighted by atomic mass is 10.1. The molecule has 2 aromatic rings. The molecule has 3 rings (SSSR count). The SMILES string of the molecule is CCN1C[C@H](C(=O)N(C)Cc2nc3ccccc3n2CC)CC1=O. The molecule has 24 heavy (non-hydrogen) atoms. The molecule has 1 aliphatic rings. The van der Waals surface area contributed by atoms with Crippen LogP contribution in [0.2, 0.25) is 0 Å². The van der Waals surface area contributed by atoms with Gasteiger partial charge in [0.2, 0.25) is 11.8 Å². The average Bonchev–Trinajstić information content (AvgIpc) is 3.13. The molecule has 0 unspecified atom stereocenters. The number of likely N-dealkylation sites (tertiary alicyclic amines) is 1. The lowest BCUT2D eigenvalue weighted by molar-refractivity contribution is -0.135. The van der Waals surface area contributed by atoms with E-state index >= 15 is 0 Å². The summed E-state index contributed by atoms with van der Waals surface area (Å²) in [6.45, 7) is 6.48. The van der Waals surface area contributed by atoms with Crippen molar-refractivity contribution >= 4 is 22.8 Å². The second-order valence-electron chi connectivity index (χ2n) is 6.29. The lowest BCUT2D eigenvalue weighted by Crippen LogP contribution is -2.35. The van der Waals surface area contributed by atoms with Gasteiger partial charge in [-0.15, -0.1) is 0 Å². The molecule has 128 valence electrons. The molecule has 0 spiro atoms. The Kier molecular flexibility index (Phi) is 4.55. The fourth-order valence-corrected chi connectivity index (χ4v) is 3.44. The summed E-state index contributed by atoms with van der Waals surface area (Å²) in [6.07, 6.45) is 0.321. The van der Waals surface area contributed by atoms with E-state index in [0.717, 1.165) is 23.4 Å². The zero-order valence-electron chi connectivity index (χ0n) is 14.5. The summed E-state index contributed by atoms with van der Waals surface area (Å²) in [6, 6.07) is 8.00. The van der Waals surface area contributed by atoms with Gasteiger partial charge in [-0.05, 0) is 26.0 Å². The van der Waals surface area contributed by atoms with Gasteiger partial charge in [-0.2, -0.15) is 0 Å². The van der Waals surface area contributed by atoms with E-state index in [4.69, 9.17) is 0 Å². The largest absolute Gasteiger partial charge is 0.342 e. The van der Waals surface area contributed by atoms with Crippen LogP contribution >= 0.6 is 0 Å². The second kappa shape index (κ2) is 6.63. The van der Waals surface area contributed by atoms with Gasteiger partial charge in [-0.1, -0.05) is 12.1 Å². The maximum absolute atomic E-state index is 12.7. The van der Waals surface area contributed by atoms with E-state index in [1.807, 2.05) is 31.2 Å². The number of hydrogen-bond acceptors (Lipinski definition) is 3. The molecule has 1 atom stereocenters. The highest BCUT2D eigenvalue weighted by Crippen LogP contribution is 2.21. The summed E-state index contributed by atoms with van der Waals surface area (Å²) < 4.78 is 2.14. The number of rotatable bonds is 5. The van der Waals surface area contributed by atoms with Gasteiger partial charge in [0.25, 0.3) is 0 Å². The molecule has 1 aliphatic heterocycles. The maximum atomic E-state index is 12.7. The Labute approximate surface area is 142 Å². The van der Waals surface area contributed by atoms with Crippen LogP contribution in [0.25, 0.3) is 11.0 Å². The molecular weight excluding hydrogens is 304 g/mol. The number of aryl methyl sites for hydroxylation is 1. The van der Waals surface area contributed by atoms with Gasteiger partial charge in [-0.25, -0.2) is 4.98 Å². The molecule has 0 aliphatic carbocycles. The summed E-state index contributed by atoms with van der Waals surface area (Å²) in [5.41, 5.74) is 2.03. The Hall–Kier alpha value is -2.37. The number of carbonyl (C=O) groups excluding carboxylic acids is 2. The predicted octanol–water partition coefficient (Wildman–Crippen LogP) is 1.88. The molecule has 6 nitrogen and oxygen atoms in total. The van der Waals surface area contributed by atoms with Crippen molar-refractivity contribution in [3.8, 4) is 0 Å². The van der Waals surface area contributed by atoms with Gasteiger partial charge >= 0.3 is 0 Å². The Balaban J connectivity index is 1.76. The van der Waals surface area contributed by atoms with E-state index in [-0.39, 0.29) is 17.7 Å². The first-order valence-electron chi connectivity index (χ1n) is 8.52. The monoisotopic (exact) mass is 328 g/mol. The normalized spacial score (nSPS) is 17.7. The molecule has 1 aromatic carbocycles. The number of hydrogen-bond donors (Lipinski definition) is 0. The van der Waals surface area contributed by atoms with Crippen LogP contribution in [-0.4, -0.2) is 51.3 Å². The van der Waals surface area contributed by atoms with Crippen LogP contribution in [0.3, 0.4) is 0 Å². The predicted molar refractivity (Wildman–Crippen MR) is 92.2 cm³/mol. The summed E-state index contributed by atoms with van der Waals surface area (Å²) in [7, 11) is 1.79. The van der Waals surface area contributed by atoms with Crippen molar-refractivity contribution in [1.82, 2.24) is 19.4 Å². The number of imidazole rings is 1. The fourth-order valence-electron chi connectivity index (χ4n) is 3.44. The highest BCUT2D eigenvalue weighted by atomic mass is 16.2. The van der Waals surface area contributed by atoms with Gasteiger partial charge in [0.1, 0.15) is 5.82 Å². The van der Waals surface area contributed by atoms with Crippen molar-refractivity contribution in [3.63, 3.8) is 0 Å². The molecule has 0 bridgehead atoms. The van der Waals surface area contributed by atoms with Crippen LogP contribution in [0, 0.1) is 5.92 Å². The number of aromatic nitrogens is 2. The van der Waals surface area contributed by atoms with Crippen LogP contribution in [0.4, 0.5) is 0 Å². The third-order valence-corrected chi connectivity index (χ3v) is 4.75.